The van der Waals surface area contributed by atoms with Crippen LogP contribution in [-0.2, 0) is 0 Å². The van der Waals surface area contributed by atoms with E-state index in [0.717, 1.165) is 24.9 Å². The van der Waals surface area contributed by atoms with Gasteiger partial charge in [-0.2, -0.15) is 5.10 Å². The molecule has 7 nitrogen and oxygen atoms in total. The molecule has 4 atom stereocenters. The highest BCUT2D eigenvalue weighted by atomic mass is 16.3. The van der Waals surface area contributed by atoms with Gasteiger partial charge in [0.2, 0.25) is 0 Å². The Kier molecular flexibility index (Phi) is 3.56. The fourth-order valence-corrected chi connectivity index (χ4v) is 4.56. The van der Waals surface area contributed by atoms with Crippen molar-refractivity contribution in [3.63, 3.8) is 0 Å². The van der Waals surface area contributed by atoms with E-state index in [1.807, 2.05) is 46.1 Å². The van der Waals surface area contributed by atoms with Gasteiger partial charge < -0.3 is 14.6 Å². The number of likely N-dealkylation sites (tertiary alicyclic amines) is 1. The van der Waals surface area contributed by atoms with Crippen molar-refractivity contribution >= 4 is 11.4 Å². The van der Waals surface area contributed by atoms with Crippen LogP contribution in [0.3, 0.4) is 0 Å². The summed E-state index contributed by atoms with van der Waals surface area (Å²) in [4.78, 5) is 18.9. The van der Waals surface area contributed by atoms with E-state index in [1.165, 1.54) is 0 Å². The minimum Gasteiger partial charge on any atom is -0.391 e. The number of pyridine rings is 1. The Bertz CT molecular complexity index is 901. The Morgan fingerprint density at radius 1 is 1.15 bits per heavy atom. The highest BCUT2D eigenvalue weighted by Gasteiger charge is 2.43. The normalized spacial score (nSPS) is 28.4. The van der Waals surface area contributed by atoms with Gasteiger partial charge in [0.15, 0.2) is 5.69 Å². The number of nitrogens with zero attached hydrogens (tertiary/aromatic N) is 5. The van der Waals surface area contributed by atoms with Crippen LogP contribution in [0, 0.1) is 11.8 Å². The summed E-state index contributed by atoms with van der Waals surface area (Å²) in [7, 11) is 0. The lowest BCUT2D eigenvalue weighted by Gasteiger charge is -2.35. The molecule has 2 aliphatic rings. The Balaban J connectivity index is 1.34. The first-order valence-corrected chi connectivity index (χ1v) is 9.08. The lowest BCUT2D eigenvalue weighted by molar-refractivity contribution is 0.0357. The van der Waals surface area contributed by atoms with Crippen LogP contribution >= 0.6 is 0 Å². The SMILES string of the molecule is O=C(c1cc2ccccn2n1)N1C[C@H]2C[C@@H](n3ccnc3)[C@H](O)C[C@H]2C1. The summed E-state index contributed by atoms with van der Waals surface area (Å²) in [5.41, 5.74) is 1.41. The lowest BCUT2D eigenvalue weighted by Crippen LogP contribution is -2.35. The molecule has 1 aliphatic carbocycles. The predicted octanol–water partition coefficient (Wildman–Crippen LogP) is 1.61. The van der Waals surface area contributed by atoms with Crippen LogP contribution in [0.25, 0.3) is 5.52 Å². The quantitative estimate of drug-likeness (QED) is 0.761. The van der Waals surface area contributed by atoms with Crippen molar-refractivity contribution in [1.29, 1.82) is 0 Å². The molecule has 3 aromatic rings. The molecule has 0 unspecified atom stereocenters. The van der Waals surface area contributed by atoms with Gasteiger partial charge in [-0.05, 0) is 42.9 Å². The molecule has 0 radical (unpaired) electrons. The smallest absolute Gasteiger partial charge is 0.274 e. The summed E-state index contributed by atoms with van der Waals surface area (Å²) in [5.74, 6) is 0.745. The number of aliphatic hydroxyl groups excluding tert-OH is 1. The number of imidazole rings is 1. The van der Waals surface area contributed by atoms with E-state index in [0.29, 0.717) is 24.1 Å². The summed E-state index contributed by atoms with van der Waals surface area (Å²) in [5, 5.41) is 15.0. The predicted molar refractivity (Wildman–Crippen MR) is 94.6 cm³/mol. The minimum absolute atomic E-state index is 0.0169. The van der Waals surface area contributed by atoms with Gasteiger partial charge in [0.1, 0.15) is 0 Å². The summed E-state index contributed by atoms with van der Waals surface area (Å²) >= 11 is 0. The third kappa shape index (κ3) is 2.50. The van der Waals surface area contributed by atoms with Crippen LogP contribution in [0.1, 0.15) is 29.4 Å². The third-order valence-electron chi connectivity index (χ3n) is 5.89. The first kappa shape index (κ1) is 15.6. The fraction of sp³-hybridized carbons (Fsp3) is 0.421. The number of carbonyl (C=O) groups is 1. The van der Waals surface area contributed by atoms with Crippen molar-refractivity contribution in [2.75, 3.05) is 13.1 Å². The summed E-state index contributed by atoms with van der Waals surface area (Å²) in [6.45, 7) is 1.43. The average Bonchev–Trinajstić information content (AvgIpc) is 3.38. The standard InChI is InChI=1S/C19H21N5O2/c25-18-8-14-11-23(10-13(14)7-17(18)22-6-4-20-12-22)19(26)16-9-15-3-1-2-5-24(15)21-16/h1-6,9,12-14,17-18,25H,7-8,10-11H2/t13-,14+,17-,18-/m1/s1. The number of amides is 1. The molecule has 0 spiro atoms. The van der Waals surface area contributed by atoms with E-state index in [-0.39, 0.29) is 11.9 Å². The second-order valence-electron chi connectivity index (χ2n) is 7.45. The van der Waals surface area contributed by atoms with Crippen molar-refractivity contribution < 1.29 is 9.90 Å². The lowest BCUT2D eigenvalue weighted by atomic mass is 9.77. The van der Waals surface area contributed by atoms with Crippen LogP contribution in [0.5, 0.6) is 0 Å². The first-order valence-electron chi connectivity index (χ1n) is 9.08. The molecule has 3 aromatic heterocycles. The number of aliphatic hydroxyl groups is 1. The number of aromatic nitrogens is 4. The van der Waals surface area contributed by atoms with E-state index in [1.54, 1.807) is 17.0 Å². The van der Waals surface area contributed by atoms with E-state index in [2.05, 4.69) is 10.1 Å². The third-order valence-corrected chi connectivity index (χ3v) is 5.89. The summed E-state index contributed by atoms with van der Waals surface area (Å²) in [6.07, 6.45) is 8.47. The molecular weight excluding hydrogens is 330 g/mol. The number of rotatable bonds is 2. The summed E-state index contributed by atoms with van der Waals surface area (Å²) in [6, 6.07) is 7.67. The second-order valence-corrected chi connectivity index (χ2v) is 7.45. The molecule has 1 N–H and O–H groups in total. The molecule has 1 saturated carbocycles. The Morgan fingerprint density at radius 2 is 2.00 bits per heavy atom. The van der Waals surface area contributed by atoms with Crippen molar-refractivity contribution in [1.82, 2.24) is 24.1 Å². The molecule has 1 saturated heterocycles. The number of hydrogen-bond acceptors (Lipinski definition) is 4. The minimum atomic E-state index is -0.393. The largest absolute Gasteiger partial charge is 0.391 e. The van der Waals surface area contributed by atoms with Gasteiger partial charge in [0, 0.05) is 31.7 Å². The van der Waals surface area contributed by atoms with Gasteiger partial charge in [-0.15, -0.1) is 0 Å². The molecule has 1 amide bonds. The molecular formula is C19H21N5O2. The van der Waals surface area contributed by atoms with E-state index in [4.69, 9.17) is 0 Å². The highest BCUT2D eigenvalue weighted by molar-refractivity contribution is 5.93. The molecule has 7 heteroatoms. The molecule has 5 rings (SSSR count). The summed E-state index contributed by atoms with van der Waals surface area (Å²) < 4.78 is 3.72. The fourth-order valence-electron chi connectivity index (χ4n) is 4.56. The molecule has 0 bridgehead atoms. The van der Waals surface area contributed by atoms with Crippen molar-refractivity contribution in [3.8, 4) is 0 Å². The van der Waals surface area contributed by atoms with Gasteiger partial charge in [-0.1, -0.05) is 6.07 Å². The topological polar surface area (TPSA) is 75.7 Å². The van der Waals surface area contributed by atoms with Gasteiger partial charge in [0.25, 0.3) is 5.91 Å². The van der Waals surface area contributed by atoms with Crippen LogP contribution < -0.4 is 0 Å². The maximum atomic E-state index is 12.9. The Morgan fingerprint density at radius 3 is 2.77 bits per heavy atom. The zero-order valence-electron chi connectivity index (χ0n) is 14.3. The van der Waals surface area contributed by atoms with E-state index >= 15 is 0 Å². The number of carbonyl (C=O) groups excluding carboxylic acids is 1. The first-order chi connectivity index (χ1) is 12.7. The van der Waals surface area contributed by atoms with Crippen LogP contribution in [0.4, 0.5) is 0 Å². The van der Waals surface area contributed by atoms with Crippen LogP contribution in [0.2, 0.25) is 0 Å². The van der Waals surface area contributed by atoms with Crippen LogP contribution in [0.15, 0.2) is 49.2 Å². The molecule has 26 heavy (non-hydrogen) atoms. The molecule has 0 aromatic carbocycles. The monoisotopic (exact) mass is 351 g/mol. The maximum absolute atomic E-state index is 12.9. The van der Waals surface area contributed by atoms with Crippen molar-refractivity contribution in [2.24, 2.45) is 11.8 Å². The maximum Gasteiger partial charge on any atom is 0.274 e. The van der Waals surface area contributed by atoms with Crippen molar-refractivity contribution in [2.45, 2.75) is 25.0 Å². The Hall–Kier alpha value is -2.67. The molecule has 1 aliphatic heterocycles. The van der Waals surface area contributed by atoms with Crippen LogP contribution in [-0.4, -0.2) is 54.3 Å². The second kappa shape index (κ2) is 5.95. The highest BCUT2D eigenvalue weighted by Crippen LogP contribution is 2.41. The van der Waals surface area contributed by atoms with E-state index in [9.17, 15) is 9.90 Å². The van der Waals surface area contributed by atoms with Gasteiger partial charge in [0.05, 0.1) is 24.0 Å². The molecule has 134 valence electrons. The number of hydrogen-bond donors (Lipinski definition) is 1. The van der Waals surface area contributed by atoms with Gasteiger partial charge >= 0.3 is 0 Å². The van der Waals surface area contributed by atoms with Crippen molar-refractivity contribution in [3.05, 3.63) is 54.9 Å². The zero-order valence-corrected chi connectivity index (χ0v) is 14.3. The van der Waals surface area contributed by atoms with Gasteiger partial charge in [-0.25, -0.2) is 9.50 Å². The average molecular weight is 351 g/mol. The molecule has 4 heterocycles. The molecule has 2 fully saturated rings. The zero-order chi connectivity index (χ0) is 17.7. The van der Waals surface area contributed by atoms with E-state index < -0.39 is 6.10 Å². The number of fused-ring (bicyclic) bond motifs is 2. The Labute approximate surface area is 150 Å². The van der Waals surface area contributed by atoms with Gasteiger partial charge in [-0.3, -0.25) is 4.79 Å².